The molecule has 19 heavy (non-hydrogen) atoms. The van der Waals surface area contributed by atoms with E-state index in [0.29, 0.717) is 11.4 Å². The zero-order chi connectivity index (χ0) is 14.0. The van der Waals surface area contributed by atoms with Crippen LogP contribution in [0.1, 0.15) is 26.3 Å². The van der Waals surface area contributed by atoms with Crippen LogP contribution in [-0.4, -0.2) is 0 Å². The maximum atomic E-state index is 5.96. The highest BCUT2D eigenvalue weighted by atomic mass is 127. The van der Waals surface area contributed by atoms with Gasteiger partial charge in [0.05, 0.1) is 5.69 Å². The second-order valence-electron chi connectivity index (χ2n) is 5.56. The molecule has 0 aliphatic carbocycles. The smallest absolute Gasteiger partial charge is 0.150 e. The average molecular weight is 367 g/mol. The minimum atomic E-state index is 0.108. The van der Waals surface area contributed by atoms with Crippen LogP contribution in [0.15, 0.2) is 42.5 Å². The van der Waals surface area contributed by atoms with E-state index in [2.05, 4.69) is 55.5 Å². The maximum Gasteiger partial charge on any atom is 0.150 e. The van der Waals surface area contributed by atoms with Crippen molar-refractivity contribution in [2.75, 3.05) is 5.73 Å². The van der Waals surface area contributed by atoms with E-state index in [9.17, 15) is 0 Å². The Kier molecular flexibility index (Phi) is 4.04. The molecule has 0 amide bonds. The summed E-state index contributed by atoms with van der Waals surface area (Å²) in [5, 5.41) is 0. The molecule has 3 heteroatoms. The summed E-state index contributed by atoms with van der Waals surface area (Å²) in [4.78, 5) is 0. The Labute approximate surface area is 128 Å². The molecule has 0 fully saturated rings. The quantitative estimate of drug-likeness (QED) is 0.601. The van der Waals surface area contributed by atoms with Gasteiger partial charge < -0.3 is 10.5 Å². The Hall–Kier alpha value is -1.23. The lowest BCUT2D eigenvalue weighted by Gasteiger charge is -2.20. The Morgan fingerprint density at radius 2 is 1.79 bits per heavy atom. The fraction of sp³-hybridized carbons (Fsp3) is 0.250. The van der Waals surface area contributed by atoms with E-state index in [1.165, 1.54) is 5.56 Å². The number of hydrogen-bond donors (Lipinski definition) is 1. The van der Waals surface area contributed by atoms with E-state index < -0.39 is 0 Å². The molecule has 0 radical (unpaired) electrons. The van der Waals surface area contributed by atoms with Gasteiger partial charge in [0, 0.05) is 3.57 Å². The van der Waals surface area contributed by atoms with Crippen LogP contribution in [0.5, 0.6) is 11.5 Å². The summed E-state index contributed by atoms with van der Waals surface area (Å²) < 4.78 is 6.97. The van der Waals surface area contributed by atoms with E-state index in [-0.39, 0.29) is 5.41 Å². The number of nitrogen functional groups attached to an aromatic ring is 1. The third-order valence-electron chi connectivity index (χ3n) is 2.90. The lowest BCUT2D eigenvalue weighted by atomic mass is 9.87. The lowest BCUT2D eigenvalue weighted by molar-refractivity contribution is 0.481. The van der Waals surface area contributed by atoms with Crippen molar-refractivity contribution < 1.29 is 4.74 Å². The molecule has 0 spiro atoms. The Balaban J connectivity index is 2.29. The van der Waals surface area contributed by atoms with Crippen LogP contribution in [-0.2, 0) is 5.41 Å². The van der Waals surface area contributed by atoms with Crippen molar-refractivity contribution in [2.24, 2.45) is 0 Å². The predicted octanol–water partition coefficient (Wildman–Crippen LogP) is 4.96. The summed E-state index contributed by atoms with van der Waals surface area (Å²) in [6.45, 7) is 6.56. The summed E-state index contributed by atoms with van der Waals surface area (Å²) in [5.41, 5.74) is 7.98. The van der Waals surface area contributed by atoms with Crippen molar-refractivity contribution in [2.45, 2.75) is 26.2 Å². The second-order valence-corrected chi connectivity index (χ2v) is 6.81. The van der Waals surface area contributed by atoms with Crippen molar-refractivity contribution in [3.8, 4) is 11.5 Å². The molecular weight excluding hydrogens is 349 g/mol. The van der Waals surface area contributed by atoms with Gasteiger partial charge in [-0.05, 0) is 63.9 Å². The van der Waals surface area contributed by atoms with Gasteiger partial charge in [0.25, 0.3) is 0 Å². The van der Waals surface area contributed by atoms with Crippen LogP contribution < -0.4 is 10.5 Å². The molecule has 2 aromatic rings. The number of nitrogens with two attached hydrogens (primary N) is 1. The molecule has 100 valence electrons. The van der Waals surface area contributed by atoms with Gasteiger partial charge in [-0.3, -0.25) is 0 Å². The number of anilines is 1. The molecule has 0 saturated heterocycles. The molecule has 0 saturated carbocycles. The van der Waals surface area contributed by atoms with Crippen LogP contribution in [0.3, 0.4) is 0 Å². The number of benzene rings is 2. The first-order chi connectivity index (χ1) is 8.86. The fourth-order valence-corrected chi connectivity index (χ4v) is 2.28. The number of halogens is 1. The first kappa shape index (κ1) is 14.2. The first-order valence-corrected chi connectivity index (χ1v) is 7.27. The van der Waals surface area contributed by atoms with Gasteiger partial charge in [-0.25, -0.2) is 0 Å². The average Bonchev–Trinajstić information content (AvgIpc) is 2.32. The third-order valence-corrected chi connectivity index (χ3v) is 3.57. The van der Waals surface area contributed by atoms with Crippen molar-refractivity contribution in [1.29, 1.82) is 0 Å². The van der Waals surface area contributed by atoms with Crippen molar-refractivity contribution >= 4 is 28.3 Å². The molecule has 0 aliphatic rings. The van der Waals surface area contributed by atoms with Gasteiger partial charge in [0.15, 0.2) is 0 Å². The number of rotatable bonds is 2. The monoisotopic (exact) mass is 367 g/mol. The van der Waals surface area contributed by atoms with E-state index in [1.54, 1.807) is 0 Å². The zero-order valence-corrected chi connectivity index (χ0v) is 13.6. The van der Waals surface area contributed by atoms with Gasteiger partial charge in [0.2, 0.25) is 0 Å². The van der Waals surface area contributed by atoms with Crippen LogP contribution in [0, 0.1) is 3.57 Å². The van der Waals surface area contributed by atoms with E-state index in [4.69, 9.17) is 10.5 Å². The predicted molar refractivity (Wildman–Crippen MR) is 88.8 cm³/mol. The molecule has 0 aliphatic heterocycles. The SMILES string of the molecule is CC(C)(C)c1cccc(Oc2ccc(I)cc2N)c1. The Bertz CT molecular complexity index is 588. The second kappa shape index (κ2) is 5.41. The summed E-state index contributed by atoms with van der Waals surface area (Å²) in [5.74, 6) is 1.52. The molecule has 0 unspecified atom stereocenters. The summed E-state index contributed by atoms with van der Waals surface area (Å²) >= 11 is 2.23. The van der Waals surface area contributed by atoms with Crippen LogP contribution >= 0.6 is 22.6 Å². The standard InChI is InChI=1S/C16H18INO/c1-16(2,3)11-5-4-6-13(9-11)19-15-8-7-12(17)10-14(15)18/h4-10H,18H2,1-3H3. The van der Waals surface area contributed by atoms with E-state index in [0.717, 1.165) is 9.32 Å². The summed E-state index contributed by atoms with van der Waals surface area (Å²) in [6.07, 6.45) is 0. The number of ether oxygens (including phenoxy) is 1. The van der Waals surface area contributed by atoms with E-state index in [1.807, 2.05) is 30.3 Å². The molecule has 2 nitrogen and oxygen atoms in total. The van der Waals surface area contributed by atoms with Gasteiger partial charge in [0.1, 0.15) is 11.5 Å². The molecule has 2 aromatic carbocycles. The Morgan fingerprint density at radius 3 is 2.42 bits per heavy atom. The zero-order valence-electron chi connectivity index (χ0n) is 11.4. The lowest BCUT2D eigenvalue weighted by Crippen LogP contribution is -2.10. The van der Waals surface area contributed by atoms with Crippen molar-refractivity contribution in [3.05, 3.63) is 51.6 Å². The third kappa shape index (κ3) is 3.62. The van der Waals surface area contributed by atoms with Crippen LogP contribution in [0.25, 0.3) is 0 Å². The van der Waals surface area contributed by atoms with Gasteiger partial charge in [-0.15, -0.1) is 0 Å². The number of hydrogen-bond acceptors (Lipinski definition) is 2. The minimum absolute atomic E-state index is 0.108. The normalized spacial score (nSPS) is 11.4. The van der Waals surface area contributed by atoms with Crippen molar-refractivity contribution in [3.63, 3.8) is 0 Å². The van der Waals surface area contributed by atoms with Crippen molar-refractivity contribution in [1.82, 2.24) is 0 Å². The summed E-state index contributed by atoms with van der Waals surface area (Å²) in [6, 6.07) is 13.9. The maximum absolute atomic E-state index is 5.96. The van der Waals surface area contributed by atoms with Crippen LogP contribution in [0.4, 0.5) is 5.69 Å². The fourth-order valence-electron chi connectivity index (χ4n) is 1.77. The van der Waals surface area contributed by atoms with Crippen LogP contribution in [0.2, 0.25) is 0 Å². The van der Waals surface area contributed by atoms with Gasteiger partial charge in [-0.2, -0.15) is 0 Å². The van der Waals surface area contributed by atoms with E-state index >= 15 is 0 Å². The molecule has 2 rings (SSSR count). The first-order valence-electron chi connectivity index (χ1n) is 6.20. The largest absolute Gasteiger partial charge is 0.455 e. The molecule has 0 heterocycles. The molecule has 2 N–H and O–H groups in total. The minimum Gasteiger partial charge on any atom is -0.455 e. The molecule has 0 bridgehead atoms. The Morgan fingerprint density at radius 1 is 1.05 bits per heavy atom. The van der Waals surface area contributed by atoms with Gasteiger partial charge >= 0.3 is 0 Å². The van der Waals surface area contributed by atoms with Gasteiger partial charge in [-0.1, -0.05) is 32.9 Å². The molecule has 0 aromatic heterocycles. The highest BCUT2D eigenvalue weighted by Crippen LogP contribution is 2.31. The summed E-state index contributed by atoms with van der Waals surface area (Å²) in [7, 11) is 0. The highest BCUT2D eigenvalue weighted by Gasteiger charge is 2.14. The molecular formula is C16H18INO. The topological polar surface area (TPSA) is 35.2 Å². The highest BCUT2D eigenvalue weighted by molar-refractivity contribution is 14.1. The molecule has 0 atom stereocenters.